The standard InChI is InChI=1S/C11H24N2O/c1-11(2,9-14)13(3)10-5-4-7-12-8-6-10/h10,12,14H,4-9H2,1-3H3. The Balaban J connectivity index is 2.53. The molecule has 3 nitrogen and oxygen atoms in total. The molecule has 1 aliphatic heterocycles. The van der Waals surface area contributed by atoms with Gasteiger partial charge in [-0.3, -0.25) is 4.90 Å². The number of nitrogens with one attached hydrogen (secondary N) is 1. The summed E-state index contributed by atoms with van der Waals surface area (Å²) in [6.07, 6.45) is 3.68. The van der Waals surface area contributed by atoms with Crippen LogP contribution in [0.15, 0.2) is 0 Å². The third kappa shape index (κ3) is 2.94. The normalized spacial score (nSPS) is 25.1. The van der Waals surface area contributed by atoms with E-state index in [9.17, 15) is 5.11 Å². The van der Waals surface area contributed by atoms with Crippen molar-refractivity contribution in [2.24, 2.45) is 0 Å². The highest BCUT2D eigenvalue weighted by Crippen LogP contribution is 2.20. The smallest absolute Gasteiger partial charge is 0.0610 e. The molecule has 0 bridgehead atoms. The zero-order chi connectivity index (χ0) is 10.6. The van der Waals surface area contributed by atoms with Gasteiger partial charge in [0.2, 0.25) is 0 Å². The van der Waals surface area contributed by atoms with Crippen LogP contribution in [0.5, 0.6) is 0 Å². The lowest BCUT2D eigenvalue weighted by Gasteiger charge is -2.39. The van der Waals surface area contributed by atoms with Gasteiger partial charge in [-0.1, -0.05) is 0 Å². The van der Waals surface area contributed by atoms with Gasteiger partial charge in [0.05, 0.1) is 6.61 Å². The van der Waals surface area contributed by atoms with Crippen LogP contribution in [0.4, 0.5) is 0 Å². The number of aliphatic hydroxyl groups is 1. The predicted octanol–water partition coefficient (Wildman–Crippen LogP) is 0.831. The lowest BCUT2D eigenvalue weighted by Crippen LogP contribution is -2.50. The van der Waals surface area contributed by atoms with E-state index in [4.69, 9.17) is 0 Å². The summed E-state index contributed by atoms with van der Waals surface area (Å²) in [5.41, 5.74) is -0.0883. The Morgan fingerprint density at radius 1 is 1.36 bits per heavy atom. The van der Waals surface area contributed by atoms with Gasteiger partial charge < -0.3 is 10.4 Å². The molecule has 0 aliphatic carbocycles. The van der Waals surface area contributed by atoms with Crippen molar-refractivity contribution in [3.05, 3.63) is 0 Å². The van der Waals surface area contributed by atoms with E-state index in [1.165, 1.54) is 19.3 Å². The Kier molecular flexibility index (Phi) is 4.35. The largest absolute Gasteiger partial charge is 0.394 e. The summed E-state index contributed by atoms with van der Waals surface area (Å²) in [4.78, 5) is 2.33. The minimum Gasteiger partial charge on any atom is -0.394 e. The molecule has 0 saturated carbocycles. The molecule has 0 radical (unpaired) electrons. The molecule has 1 fully saturated rings. The van der Waals surface area contributed by atoms with Gasteiger partial charge >= 0.3 is 0 Å². The fourth-order valence-electron chi connectivity index (χ4n) is 1.99. The molecule has 0 spiro atoms. The van der Waals surface area contributed by atoms with Crippen molar-refractivity contribution in [2.75, 3.05) is 26.7 Å². The molecule has 1 aliphatic rings. The Bertz CT molecular complexity index is 163. The second-order valence-electron chi connectivity index (χ2n) is 4.92. The van der Waals surface area contributed by atoms with E-state index in [0.717, 1.165) is 13.1 Å². The van der Waals surface area contributed by atoms with Crippen molar-refractivity contribution < 1.29 is 5.11 Å². The lowest BCUT2D eigenvalue weighted by atomic mass is 9.98. The number of rotatable bonds is 3. The molecule has 1 atom stereocenters. The van der Waals surface area contributed by atoms with Crippen LogP contribution in [-0.2, 0) is 0 Å². The quantitative estimate of drug-likeness (QED) is 0.708. The van der Waals surface area contributed by atoms with Crippen molar-refractivity contribution >= 4 is 0 Å². The van der Waals surface area contributed by atoms with Gasteiger partial charge in [0.15, 0.2) is 0 Å². The maximum atomic E-state index is 9.31. The van der Waals surface area contributed by atoms with Crippen molar-refractivity contribution in [2.45, 2.75) is 44.7 Å². The van der Waals surface area contributed by atoms with Crippen LogP contribution >= 0.6 is 0 Å². The minimum absolute atomic E-state index is 0.0883. The van der Waals surface area contributed by atoms with Crippen LogP contribution in [0.1, 0.15) is 33.1 Å². The molecular formula is C11H24N2O. The highest BCUT2D eigenvalue weighted by atomic mass is 16.3. The maximum Gasteiger partial charge on any atom is 0.0610 e. The summed E-state index contributed by atoms with van der Waals surface area (Å²) in [6.45, 7) is 6.68. The van der Waals surface area contributed by atoms with Crippen molar-refractivity contribution in [1.29, 1.82) is 0 Å². The zero-order valence-electron chi connectivity index (χ0n) is 9.71. The summed E-state index contributed by atoms with van der Waals surface area (Å²) >= 11 is 0. The molecular weight excluding hydrogens is 176 g/mol. The monoisotopic (exact) mass is 200 g/mol. The zero-order valence-corrected chi connectivity index (χ0v) is 9.71. The van der Waals surface area contributed by atoms with Crippen LogP contribution in [-0.4, -0.2) is 48.3 Å². The summed E-state index contributed by atoms with van der Waals surface area (Å²) < 4.78 is 0. The first-order valence-electron chi connectivity index (χ1n) is 5.62. The van der Waals surface area contributed by atoms with E-state index >= 15 is 0 Å². The Morgan fingerprint density at radius 3 is 2.71 bits per heavy atom. The molecule has 3 heteroatoms. The molecule has 1 unspecified atom stereocenters. The topological polar surface area (TPSA) is 35.5 Å². The van der Waals surface area contributed by atoms with Gasteiger partial charge in [0.25, 0.3) is 0 Å². The number of likely N-dealkylation sites (N-methyl/N-ethyl adjacent to an activating group) is 1. The molecule has 0 aromatic rings. The number of nitrogens with zero attached hydrogens (tertiary/aromatic N) is 1. The summed E-state index contributed by atoms with van der Waals surface area (Å²) in [6, 6.07) is 0.618. The van der Waals surface area contributed by atoms with E-state index < -0.39 is 0 Å². The number of aliphatic hydroxyl groups excluding tert-OH is 1. The molecule has 0 aromatic carbocycles. The second kappa shape index (κ2) is 5.10. The Morgan fingerprint density at radius 2 is 2.07 bits per heavy atom. The lowest BCUT2D eigenvalue weighted by molar-refractivity contribution is 0.0406. The first-order chi connectivity index (χ1) is 6.58. The number of hydrogen-bond donors (Lipinski definition) is 2. The van der Waals surface area contributed by atoms with Gasteiger partial charge in [-0.25, -0.2) is 0 Å². The molecule has 1 saturated heterocycles. The van der Waals surface area contributed by atoms with Crippen molar-refractivity contribution in [3.63, 3.8) is 0 Å². The third-order valence-electron chi connectivity index (χ3n) is 3.43. The van der Waals surface area contributed by atoms with Gasteiger partial charge in [-0.2, -0.15) is 0 Å². The molecule has 1 heterocycles. The first-order valence-corrected chi connectivity index (χ1v) is 5.62. The SMILES string of the molecule is CN(C1CCCNCC1)C(C)(C)CO. The van der Waals surface area contributed by atoms with Gasteiger partial charge in [0.1, 0.15) is 0 Å². The molecule has 84 valence electrons. The fourth-order valence-corrected chi connectivity index (χ4v) is 1.99. The third-order valence-corrected chi connectivity index (χ3v) is 3.43. The van der Waals surface area contributed by atoms with Crippen LogP contribution in [0.3, 0.4) is 0 Å². The molecule has 0 aromatic heterocycles. The molecule has 14 heavy (non-hydrogen) atoms. The van der Waals surface area contributed by atoms with Crippen LogP contribution < -0.4 is 5.32 Å². The second-order valence-corrected chi connectivity index (χ2v) is 4.92. The molecule has 0 amide bonds. The molecule has 2 N–H and O–H groups in total. The van der Waals surface area contributed by atoms with Crippen LogP contribution in [0.2, 0.25) is 0 Å². The van der Waals surface area contributed by atoms with Crippen LogP contribution in [0, 0.1) is 0 Å². The maximum absolute atomic E-state index is 9.31. The highest BCUT2D eigenvalue weighted by Gasteiger charge is 2.28. The molecule has 1 rings (SSSR count). The summed E-state index contributed by atoms with van der Waals surface area (Å²) in [5.74, 6) is 0. The van der Waals surface area contributed by atoms with Crippen LogP contribution in [0.25, 0.3) is 0 Å². The van der Waals surface area contributed by atoms with Gasteiger partial charge in [0, 0.05) is 11.6 Å². The highest BCUT2D eigenvalue weighted by molar-refractivity contribution is 4.85. The Labute approximate surface area is 87.5 Å². The van der Waals surface area contributed by atoms with Crippen molar-refractivity contribution in [3.8, 4) is 0 Å². The number of hydrogen-bond acceptors (Lipinski definition) is 3. The van der Waals surface area contributed by atoms with E-state index in [1.54, 1.807) is 0 Å². The van der Waals surface area contributed by atoms with E-state index in [1.807, 2.05) is 0 Å². The van der Waals surface area contributed by atoms with E-state index in [-0.39, 0.29) is 12.1 Å². The minimum atomic E-state index is -0.0883. The average molecular weight is 200 g/mol. The Hall–Kier alpha value is -0.120. The predicted molar refractivity (Wildman–Crippen MR) is 59.4 cm³/mol. The van der Waals surface area contributed by atoms with Gasteiger partial charge in [-0.05, 0) is 53.2 Å². The summed E-state index contributed by atoms with van der Waals surface area (Å²) in [5, 5.41) is 12.7. The van der Waals surface area contributed by atoms with Gasteiger partial charge in [-0.15, -0.1) is 0 Å². The van der Waals surface area contributed by atoms with E-state index in [0.29, 0.717) is 6.04 Å². The average Bonchev–Trinajstić information content (AvgIpc) is 2.44. The first kappa shape index (κ1) is 12.0. The van der Waals surface area contributed by atoms with E-state index in [2.05, 4.69) is 31.1 Å². The summed E-state index contributed by atoms with van der Waals surface area (Å²) in [7, 11) is 2.13. The fraction of sp³-hybridized carbons (Fsp3) is 1.00. The van der Waals surface area contributed by atoms with Crippen molar-refractivity contribution in [1.82, 2.24) is 10.2 Å².